The quantitative estimate of drug-likeness (QED) is 0.176. The lowest BCUT2D eigenvalue weighted by molar-refractivity contribution is 1.06. The molecule has 0 fully saturated rings. The van der Waals surface area contributed by atoms with Gasteiger partial charge in [-0.15, -0.1) is 0 Å². The van der Waals surface area contributed by atoms with Crippen molar-refractivity contribution >= 4 is 32.3 Å². The molecule has 0 N–H and O–H groups in total. The molecule has 0 unspecified atom stereocenters. The summed E-state index contributed by atoms with van der Waals surface area (Å²) in [5.41, 5.74) is 9.64. The number of nitrogens with zero attached hydrogens (tertiary/aromatic N) is 4. The highest BCUT2D eigenvalue weighted by Crippen LogP contribution is 2.39. The van der Waals surface area contributed by atoms with Gasteiger partial charge in [-0.3, -0.25) is 0 Å². The van der Waals surface area contributed by atoms with Crippen LogP contribution in [0, 0.1) is 13.8 Å². The van der Waals surface area contributed by atoms with Crippen molar-refractivity contribution in [1.82, 2.24) is 19.9 Å². The number of hydrogen-bond donors (Lipinski definition) is 0. The Labute approximate surface area is 290 Å². The van der Waals surface area contributed by atoms with Gasteiger partial charge in [-0.2, -0.15) is 0 Å². The number of fused-ring (bicyclic) bond motifs is 6. The first-order valence-electron chi connectivity index (χ1n) is 16.9. The van der Waals surface area contributed by atoms with E-state index in [4.69, 9.17) is 19.9 Å². The normalized spacial score (nSPS) is 11.4. The third-order valence-corrected chi connectivity index (χ3v) is 9.37. The van der Waals surface area contributed by atoms with E-state index in [1.54, 1.807) is 0 Å². The summed E-state index contributed by atoms with van der Waals surface area (Å²) >= 11 is 0. The Morgan fingerprint density at radius 1 is 0.280 bits per heavy atom. The Balaban J connectivity index is 1.30. The van der Waals surface area contributed by atoms with Crippen LogP contribution >= 0.6 is 0 Å². The van der Waals surface area contributed by atoms with Crippen molar-refractivity contribution < 1.29 is 0 Å². The topological polar surface area (TPSA) is 51.6 Å². The maximum absolute atomic E-state index is 5.18. The van der Waals surface area contributed by atoms with Crippen molar-refractivity contribution in [2.75, 3.05) is 0 Å². The molecule has 9 aromatic rings. The Morgan fingerprint density at radius 2 is 0.700 bits per heavy atom. The Morgan fingerprint density at radius 3 is 1.22 bits per heavy atom. The number of rotatable bonds is 5. The van der Waals surface area contributed by atoms with Gasteiger partial charge >= 0.3 is 0 Å². The predicted octanol–water partition coefficient (Wildman–Crippen LogP) is 11.7. The average Bonchev–Trinajstić information content (AvgIpc) is 3.18. The number of aromatic nitrogens is 4. The van der Waals surface area contributed by atoms with Gasteiger partial charge in [0.25, 0.3) is 0 Å². The van der Waals surface area contributed by atoms with Gasteiger partial charge in [-0.25, -0.2) is 19.9 Å². The van der Waals surface area contributed by atoms with Crippen LogP contribution in [-0.2, 0) is 0 Å². The van der Waals surface area contributed by atoms with E-state index in [-0.39, 0.29) is 0 Å². The van der Waals surface area contributed by atoms with Gasteiger partial charge in [0.05, 0.1) is 11.4 Å². The fourth-order valence-electron chi connectivity index (χ4n) is 7.08. The molecule has 4 nitrogen and oxygen atoms in total. The lowest BCUT2D eigenvalue weighted by Crippen LogP contribution is -1.98. The van der Waals surface area contributed by atoms with E-state index in [1.165, 1.54) is 32.3 Å². The molecule has 0 aliphatic rings. The predicted molar refractivity (Wildman–Crippen MR) is 207 cm³/mol. The van der Waals surface area contributed by atoms with Crippen LogP contribution in [0.3, 0.4) is 0 Å². The molecule has 0 atom stereocenters. The highest BCUT2D eigenvalue weighted by molar-refractivity contribution is 6.25. The minimum Gasteiger partial charge on any atom is -0.233 e. The first-order valence-corrected chi connectivity index (χ1v) is 16.9. The molecule has 9 rings (SSSR count). The number of hydrogen-bond acceptors (Lipinski definition) is 4. The maximum Gasteiger partial charge on any atom is 0.160 e. The van der Waals surface area contributed by atoms with Crippen molar-refractivity contribution in [3.8, 4) is 56.4 Å². The Hall–Kier alpha value is -6.52. The second-order valence-corrected chi connectivity index (χ2v) is 12.8. The van der Waals surface area contributed by atoms with Crippen molar-refractivity contribution in [1.29, 1.82) is 0 Å². The zero-order valence-corrected chi connectivity index (χ0v) is 27.8. The Kier molecular flexibility index (Phi) is 7.21. The first kappa shape index (κ1) is 29.6. The van der Waals surface area contributed by atoms with E-state index in [2.05, 4.69) is 115 Å². The van der Waals surface area contributed by atoms with Crippen molar-refractivity contribution in [2.24, 2.45) is 0 Å². The summed E-state index contributed by atoms with van der Waals surface area (Å²) in [7, 11) is 0. The standard InChI is InChI=1S/C46H32N4/c1-29-23-30(2)48-45(47-29)35-24-34(33-21-22-41-39-19-10-9-17-37(39)38-18-11-12-20-40(38)42(41)27-33)25-36(26-35)46-49-43(31-13-5-3-6-14-31)28-44(50-46)32-15-7-4-8-16-32/h3-28H,1-2H3. The molecule has 0 radical (unpaired) electrons. The summed E-state index contributed by atoms with van der Waals surface area (Å²) in [6.45, 7) is 4.03. The van der Waals surface area contributed by atoms with E-state index in [0.29, 0.717) is 11.6 Å². The molecule has 50 heavy (non-hydrogen) atoms. The molecule has 2 heterocycles. The van der Waals surface area contributed by atoms with Crippen LogP contribution in [0.2, 0.25) is 0 Å². The van der Waals surface area contributed by atoms with E-state index in [9.17, 15) is 0 Å². The zero-order chi connectivity index (χ0) is 33.6. The molecule has 0 bridgehead atoms. The summed E-state index contributed by atoms with van der Waals surface area (Å²) in [5, 5.41) is 7.48. The van der Waals surface area contributed by atoms with Gasteiger partial charge < -0.3 is 0 Å². The van der Waals surface area contributed by atoms with E-state index in [0.717, 1.165) is 56.2 Å². The van der Waals surface area contributed by atoms with Crippen LogP contribution in [0.4, 0.5) is 0 Å². The van der Waals surface area contributed by atoms with Crippen LogP contribution in [0.1, 0.15) is 11.4 Å². The van der Waals surface area contributed by atoms with Gasteiger partial charge in [0.1, 0.15) is 0 Å². The highest BCUT2D eigenvalue weighted by atomic mass is 14.9. The molecule has 2 aromatic heterocycles. The van der Waals surface area contributed by atoms with Crippen LogP contribution in [0.15, 0.2) is 158 Å². The van der Waals surface area contributed by atoms with Crippen LogP contribution in [0.25, 0.3) is 88.7 Å². The number of aryl methyl sites for hydroxylation is 2. The van der Waals surface area contributed by atoms with Gasteiger partial charge in [0.2, 0.25) is 0 Å². The second-order valence-electron chi connectivity index (χ2n) is 12.8. The maximum atomic E-state index is 5.18. The fourth-order valence-corrected chi connectivity index (χ4v) is 7.08. The summed E-state index contributed by atoms with van der Waals surface area (Å²) in [4.78, 5) is 20.1. The van der Waals surface area contributed by atoms with Crippen LogP contribution in [0.5, 0.6) is 0 Å². The summed E-state index contributed by atoms with van der Waals surface area (Å²) in [6.07, 6.45) is 0. The fraction of sp³-hybridized carbons (Fsp3) is 0.0435. The molecular weight excluding hydrogens is 609 g/mol. The summed E-state index contributed by atoms with van der Waals surface area (Å²) < 4.78 is 0. The molecule has 0 amide bonds. The first-order chi connectivity index (χ1) is 24.6. The lowest BCUT2D eigenvalue weighted by Gasteiger charge is -2.14. The highest BCUT2D eigenvalue weighted by Gasteiger charge is 2.16. The van der Waals surface area contributed by atoms with Crippen molar-refractivity contribution in [3.05, 3.63) is 169 Å². The molecule has 0 saturated carbocycles. The average molecular weight is 641 g/mol. The zero-order valence-electron chi connectivity index (χ0n) is 27.8. The molecular formula is C46H32N4. The molecule has 0 saturated heterocycles. The van der Waals surface area contributed by atoms with Crippen LogP contribution < -0.4 is 0 Å². The van der Waals surface area contributed by atoms with Crippen molar-refractivity contribution in [3.63, 3.8) is 0 Å². The second kappa shape index (κ2) is 12.2. The molecule has 0 spiro atoms. The molecule has 0 aliphatic heterocycles. The van der Waals surface area contributed by atoms with Gasteiger partial charge in [0.15, 0.2) is 11.6 Å². The van der Waals surface area contributed by atoms with E-state index < -0.39 is 0 Å². The monoisotopic (exact) mass is 640 g/mol. The summed E-state index contributed by atoms with van der Waals surface area (Å²) in [6, 6.07) is 55.4. The van der Waals surface area contributed by atoms with Crippen LogP contribution in [-0.4, -0.2) is 19.9 Å². The SMILES string of the molecule is Cc1cc(C)nc(-c2cc(-c3ccc4c5ccccc5c5ccccc5c4c3)cc(-c3nc(-c4ccccc4)cc(-c4ccccc4)n3)c2)n1. The van der Waals surface area contributed by atoms with Gasteiger partial charge in [0, 0.05) is 33.6 Å². The molecule has 4 heteroatoms. The third-order valence-electron chi connectivity index (χ3n) is 9.37. The molecule has 0 aliphatic carbocycles. The smallest absolute Gasteiger partial charge is 0.160 e. The molecule has 7 aromatic carbocycles. The largest absolute Gasteiger partial charge is 0.233 e. The van der Waals surface area contributed by atoms with E-state index in [1.807, 2.05) is 56.3 Å². The minimum absolute atomic E-state index is 0.648. The lowest BCUT2D eigenvalue weighted by atomic mass is 9.91. The molecule has 236 valence electrons. The van der Waals surface area contributed by atoms with E-state index >= 15 is 0 Å². The van der Waals surface area contributed by atoms with Gasteiger partial charge in [-0.1, -0.05) is 121 Å². The summed E-state index contributed by atoms with van der Waals surface area (Å²) in [5.74, 6) is 1.33. The number of benzene rings is 7. The minimum atomic E-state index is 0.648. The van der Waals surface area contributed by atoms with Gasteiger partial charge in [-0.05, 0) is 93.7 Å². The third kappa shape index (κ3) is 5.37. The van der Waals surface area contributed by atoms with Crippen molar-refractivity contribution in [2.45, 2.75) is 13.8 Å². The Bertz CT molecular complexity index is 2610.